The minimum atomic E-state index is -0.422. The largest absolute Gasteiger partial charge is 0.444 e. The first-order chi connectivity index (χ1) is 10.7. The number of amides is 1. The molecule has 1 saturated carbocycles. The van der Waals surface area contributed by atoms with E-state index in [2.05, 4.69) is 31.4 Å². The molecule has 0 heterocycles. The van der Waals surface area contributed by atoms with Crippen LogP contribution in [0.5, 0.6) is 0 Å². The second-order valence-corrected chi connectivity index (χ2v) is 8.59. The zero-order valence-corrected chi connectivity index (χ0v) is 16.1. The van der Waals surface area contributed by atoms with Gasteiger partial charge in [0.05, 0.1) is 0 Å². The highest BCUT2D eigenvalue weighted by atomic mass is 16.6. The number of ether oxygens (including phenoxy) is 1. The van der Waals surface area contributed by atoms with E-state index in [9.17, 15) is 4.79 Å². The van der Waals surface area contributed by atoms with Crippen LogP contribution in [0.15, 0.2) is 0 Å². The Morgan fingerprint density at radius 2 is 1.61 bits per heavy atom. The maximum atomic E-state index is 11.8. The van der Waals surface area contributed by atoms with E-state index >= 15 is 0 Å². The van der Waals surface area contributed by atoms with Crippen LogP contribution in [-0.2, 0) is 4.74 Å². The van der Waals surface area contributed by atoms with Crippen LogP contribution < -0.4 is 10.6 Å². The molecule has 1 atom stereocenters. The molecule has 23 heavy (non-hydrogen) atoms. The molecule has 0 aliphatic heterocycles. The topological polar surface area (TPSA) is 50.4 Å². The van der Waals surface area contributed by atoms with E-state index in [1.165, 1.54) is 19.3 Å². The number of nitrogens with one attached hydrogen (secondary N) is 2. The van der Waals surface area contributed by atoms with E-state index in [0.29, 0.717) is 12.1 Å². The molecule has 4 nitrogen and oxygen atoms in total. The van der Waals surface area contributed by atoms with E-state index in [4.69, 9.17) is 4.74 Å². The molecule has 1 aliphatic carbocycles. The molecule has 1 unspecified atom stereocenters. The van der Waals surface area contributed by atoms with Crippen molar-refractivity contribution in [1.29, 1.82) is 0 Å². The minimum Gasteiger partial charge on any atom is -0.444 e. The van der Waals surface area contributed by atoms with Gasteiger partial charge in [0.2, 0.25) is 0 Å². The van der Waals surface area contributed by atoms with Gasteiger partial charge in [-0.2, -0.15) is 0 Å². The number of hydrogen-bond acceptors (Lipinski definition) is 3. The Morgan fingerprint density at radius 3 is 2.13 bits per heavy atom. The number of rotatable bonds is 7. The molecular formula is C19H38N2O2. The summed E-state index contributed by atoms with van der Waals surface area (Å²) < 4.78 is 5.33. The smallest absolute Gasteiger partial charge is 0.407 e. The molecule has 0 saturated heterocycles. The summed E-state index contributed by atoms with van der Waals surface area (Å²) in [4.78, 5) is 11.8. The quantitative estimate of drug-likeness (QED) is 0.717. The van der Waals surface area contributed by atoms with Crippen molar-refractivity contribution in [3.63, 3.8) is 0 Å². The van der Waals surface area contributed by atoms with Gasteiger partial charge < -0.3 is 15.4 Å². The van der Waals surface area contributed by atoms with Crippen LogP contribution in [0.3, 0.4) is 0 Å². The Balaban J connectivity index is 2.18. The molecule has 0 aromatic carbocycles. The number of carbonyl (C=O) groups is 1. The summed E-state index contributed by atoms with van der Waals surface area (Å²) in [5, 5.41) is 6.77. The van der Waals surface area contributed by atoms with Gasteiger partial charge in [-0.05, 0) is 65.7 Å². The van der Waals surface area contributed by atoms with Crippen molar-refractivity contribution in [2.75, 3.05) is 0 Å². The van der Waals surface area contributed by atoms with Crippen molar-refractivity contribution >= 4 is 6.09 Å². The second kappa shape index (κ2) is 9.51. The summed E-state index contributed by atoms with van der Waals surface area (Å²) in [6, 6.07) is 1.45. The molecule has 0 radical (unpaired) electrons. The number of hydrogen-bond donors (Lipinski definition) is 2. The Bertz CT molecular complexity index is 342. The van der Waals surface area contributed by atoms with Crippen LogP contribution in [0, 0.1) is 5.92 Å². The van der Waals surface area contributed by atoms with Gasteiger partial charge >= 0.3 is 6.09 Å². The zero-order chi connectivity index (χ0) is 17.5. The van der Waals surface area contributed by atoms with E-state index in [0.717, 1.165) is 31.6 Å². The lowest BCUT2D eigenvalue weighted by atomic mass is 9.90. The maximum Gasteiger partial charge on any atom is 0.407 e. The van der Waals surface area contributed by atoms with Crippen LogP contribution in [0.1, 0.15) is 86.5 Å². The molecule has 0 bridgehead atoms. The van der Waals surface area contributed by atoms with Crippen LogP contribution in [-0.4, -0.2) is 29.8 Å². The lowest BCUT2D eigenvalue weighted by Crippen LogP contribution is -2.45. The van der Waals surface area contributed by atoms with Gasteiger partial charge in [0.25, 0.3) is 0 Å². The minimum absolute atomic E-state index is 0.263. The number of alkyl carbamates (subject to hydrolysis) is 1. The summed E-state index contributed by atoms with van der Waals surface area (Å²) in [6.45, 7) is 12.6. The lowest BCUT2D eigenvalue weighted by Gasteiger charge is -2.32. The van der Waals surface area contributed by atoms with Gasteiger partial charge in [0, 0.05) is 18.1 Å². The molecule has 0 aromatic heterocycles. The zero-order valence-electron chi connectivity index (χ0n) is 16.1. The third-order valence-corrected chi connectivity index (χ3v) is 4.39. The average Bonchev–Trinajstić information content (AvgIpc) is 2.38. The molecular weight excluding hydrogens is 288 g/mol. The van der Waals surface area contributed by atoms with Gasteiger partial charge in [-0.25, -0.2) is 4.79 Å². The normalized spacial score (nSPS) is 23.6. The Hall–Kier alpha value is -0.770. The molecule has 1 aliphatic rings. The second-order valence-electron chi connectivity index (χ2n) is 8.59. The highest BCUT2D eigenvalue weighted by molar-refractivity contribution is 5.68. The van der Waals surface area contributed by atoms with Crippen LogP contribution in [0.25, 0.3) is 0 Å². The highest BCUT2D eigenvalue weighted by Gasteiger charge is 2.25. The predicted octanol–water partition coefficient (Wildman–Crippen LogP) is 4.63. The van der Waals surface area contributed by atoms with Crippen molar-refractivity contribution in [2.24, 2.45) is 5.92 Å². The molecule has 2 N–H and O–H groups in total. The van der Waals surface area contributed by atoms with Crippen LogP contribution in [0.2, 0.25) is 0 Å². The van der Waals surface area contributed by atoms with Crippen molar-refractivity contribution in [2.45, 2.75) is 110 Å². The first kappa shape index (κ1) is 20.3. The van der Waals surface area contributed by atoms with Crippen LogP contribution in [0.4, 0.5) is 4.79 Å². The van der Waals surface area contributed by atoms with Gasteiger partial charge in [-0.1, -0.05) is 26.7 Å². The SMILES string of the molecule is CC(C)CCCC(C)NC1CCC(NC(=O)OC(C)(C)C)CC1. The predicted molar refractivity (Wildman–Crippen MR) is 96.7 cm³/mol. The Morgan fingerprint density at radius 1 is 1.04 bits per heavy atom. The summed E-state index contributed by atoms with van der Waals surface area (Å²) in [7, 11) is 0. The van der Waals surface area contributed by atoms with E-state index < -0.39 is 5.60 Å². The fraction of sp³-hybridized carbons (Fsp3) is 0.947. The third kappa shape index (κ3) is 9.85. The van der Waals surface area contributed by atoms with E-state index in [1.807, 2.05) is 20.8 Å². The van der Waals surface area contributed by atoms with Crippen molar-refractivity contribution in [1.82, 2.24) is 10.6 Å². The fourth-order valence-electron chi connectivity index (χ4n) is 3.20. The summed E-state index contributed by atoms with van der Waals surface area (Å²) in [6.07, 6.45) is 7.94. The standard InChI is InChI=1S/C19H38N2O2/c1-14(2)8-7-9-15(3)20-16-10-12-17(13-11-16)21-18(22)23-19(4,5)6/h14-17,20H,7-13H2,1-6H3,(H,21,22). The highest BCUT2D eigenvalue weighted by Crippen LogP contribution is 2.20. The monoisotopic (exact) mass is 326 g/mol. The summed E-state index contributed by atoms with van der Waals surface area (Å²) >= 11 is 0. The van der Waals surface area contributed by atoms with Crippen LogP contribution >= 0.6 is 0 Å². The van der Waals surface area contributed by atoms with Crippen molar-refractivity contribution in [3.05, 3.63) is 0 Å². The Labute approximate surface area is 143 Å². The van der Waals surface area contributed by atoms with Gasteiger partial charge in [-0.3, -0.25) is 0 Å². The van der Waals surface area contributed by atoms with E-state index in [1.54, 1.807) is 0 Å². The van der Waals surface area contributed by atoms with Gasteiger partial charge in [0.15, 0.2) is 0 Å². The molecule has 1 fully saturated rings. The van der Waals surface area contributed by atoms with E-state index in [-0.39, 0.29) is 12.1 Å². The summed E-state index contributed by atoms with van der Waals surface area (Å²) in [5.41, 5.74) is -0.422. The van der Waals surface area contributed by atoms with Gasteiger partial charge in [0.1, 0.15) is 5.60 Å². The van der Waals surface area contributed by atoms with Crippen molar-refractivity contribution in [3.8, 4) is 0 Å². The fourth-order valence-corrected chi connectivity index (χ4v) is 3.20. The molecule has 1 amide bonds. The third-order valence-electron chi connectivity index (χ3n) is 4.39. The average molecular weight is 327 g/mol. The number of carbonyl (C=O) groups excluding carboxylic acids is 1. The molecule has 4 heteroatoms. The molecule has 0 spiro atoms. The Kier molecular flexibility index (Phi) is 8.38. The lowest BCUT2D eigenvalue weighted by molar-refractivity contribution is 0.0489. The molecule has 1 rings (SSSR count). The molecule has 136 valence electrons. The first-order valence-electron chi connectivity index (χ1n) is 9.41. The van der Waals surface area contributed by atoms with Crippen molar-refractivity contribution < 1.29 is 9.53 Å². The first-order valence-corrected chi connectivity index (χ1v) is 9.41. The summed E-state index contributed by atoms with van der Waals surface area (Å²) in [5.74, 6) is 0.802. The maximum absolute atomic E-state index is 11.8. The molecule has 0 aromatic rings. The van der Waals surface area contributed by atoms with Gasteiger partial charge in [-0.15, -0.1) is 0 Å².